The van der Waals surface area contributed by atoms with Gasteiger partial charge >= 0.3 is 7.69 Å². The summed E-state index contributed by atoms with van der Waals surface area (Å²) in [6.07, 6.45) is 18.5. The topological polar surface area (TPSA) is 29.5 Å². The van der Waals surface area contributed by atoms with Crippen LogP contribution in [0.5, 0.6) is 0 Å². The Morgan fingerprint density at radius 2 is 1.29 bits per heavy atom. The van der Waals surface area contributed by atoms with E-state index in [9.17, 15) is 0 Å². The average Bonchev–Trinajstić information content (AvgIpc) is 3.39. The summed E-state index contributed by atoms with van der Waals surface area (Å²) in [6.45, 7) is 8.65. The third kappa shape index (κ3) is 7.11. The molecule has 1 aromatic carbocycles. The number of allylic oxidation sites excluding steroid dienone is 2. The Kier molecular flexibility index (Phi) is 9.54. The molecular weight excluding hydrogens is 415 g/mol. The SMILES string of the molecule is C=C1CC2CCC(CC(Cc3ccccc3)C[C@@H]3CCC4CC(=C)C[C@@H]4C3)C[C@H]2C1.CO[B]O. The third-order valence-electron chi connectivity index (χ3n) is 9.51. The highest BCUT2D eigenvalue weighted by Gasteiger charge is 2.38. The molecule has 5 rings (SSSR count). The summed E-state index contributed by atoms with van der Waals surface area (Å²) >= 11 is 0. The smallest absolute Gasteiger partial charge is 0.429 e. The molecule has 4 unspecified atom stereocenters. The van der Waals surface area contributed by atoms with Crippen molar-refractivity contribution in [1.82, 2.24) is 0 Å². The molecule has 185 valence electrons. The lowest BCUT2D eigenvalue weighted by Gasteiger charge is -2.37. The quantitative estimate of drug-likeness (QED) is 0.336. The Balaban J connectivity index is 0.000000636. The van der Waals surface area contributed by atoms with Crippen LogP contribution in [0.1, 0.15) is 82.6 Å². The number of rotatable bonds is 7. The summed E-state index contributed by atoms with van der Waals surface area (Å²) < 4.78 is 3.97. The summed E-state index contributed by atoms with van der Waals surface area (Å²) in [7, 11) is 2.00. The van der Waals surface area contributed by atoms with Crippen LogP contribution in [0, 0.1) is 41.4 Å². The molecule has 1 N–H and O–H groups in total. The van der Waals surface area contributed by atoms with Crippen molar-refractivity contribution in [2.75, 3.05) is 7.11 Å². The van der Waals surface area contributed by atoms with Crippen molar-refractivity contribution < 1.29 is 9.68 Å². The Morgan fingerprint density at radius 1 is 0.824 bits per heavy atom. The molecule has 0 saturated heterocycles. The van der Waals surface area contributed by atoms with E-state index in [0.29, 0.717) is 7.69 Å². The fourth-order valence-electron chi connectivity index (χ4n) is 8.12. The minimum absolute atomic E-state index is 0.625. The van der Waals surface area contributed by atoms with Crippen molar-refractivity contribution in [1.29, 1.82) is 0 Å². The Labute approximate surface area is 209 Å². The van der Waals surface area contributed by atoms with Crippen molar-refractivity contribution >= 4 is 7.69 Å². The first kappa shape index (κ1) is 25.8. The van der Waals surface area contributed by atoms with Crippen LogP contribution in [0.15, 0.2) is 54.6 Å². The first-order valence-corrected chi connectivity index (χ1v) is 13.9. The lowest BCUT2D eigenvalue weighted by Crippen LogP contribution is -2.26. The van der Waals surface area contributed by atoms with Gasteiger partial charge in [-0.3, -0.25) is 0 Å². The largest absolute Gasteiger partial charge is 0.484 e. The average molecular weight is 462 g/mol. The Hall–Kier alpha value is -1.32. The van der Waals surface area contributed by atoms with Crippen molar-refractivity contribution in [2.24, 2.45) is 41.4 Å². The minimum atomic E-state index is 0.625. The van der Waals surface area contributed by atoms with Gasteiger partial charge in [0.05, 0.1) is 0 Å². The normalized spacial score (nSPS) is 33.5. The summed E-state index contributed by atoms with van der Waals surface area (Å²) in [4.78, 5) is 0. The maximum atomic E-state index is 7.53. The van der Waals surface area contributed by atoms with Crippen molar-refractivity contribution in [3.8, 4) is 0 Å². The molecule has 0 amide bonds. The molecule has 0 heterocycles. The van der Waals surface area contributed by atoms with E-state index in [1.807, 2.05) is 0 Å². The molecular formula is C31H46BO2. The van der Waals surface area contributed by atoms with Crippen LogP contribution >= 0.6 is 0 Å². The second kappa shape index (κ2) is 12.6. The zero-order valence-corrected chi connectivity index (χ0v) is 21.5. The zero-order valence-electron chi connectivity index (χ0n) is 21.5. The van der Waals surface area contributed by atoms with E-state index in [1.54, 1.807) is 16.7 Å². The lowest BCUT2D eigenvalue weighted by atomic mass is 9.69. The van der Waals surface area contributed by atoms with Crippen LogP contribution in [0.2, 0.25) is 0 Å². The molecule has 0 spiro atoms. The van der Waals surface area contributed by atoms with Gasteiger partial charge in [0.25, 0.3) is 0 Å². The van der Waals surface area contributed by atoms with Gasteiger partial charge < -0.3 is 9.68 Å². The fourth-order valence-corrected chi connectivity index (χ4v) is 8.12. The molecule has 7 atom stereocenters. The van der Waals surface area contributed by atoms with Crippen LogP contribution < -0.4 is 0 Å². The Bertz CT molecular complexity index is 744. The van der Waals surface area contributed by atoms with E-state index in [0.717, 1.165) is 41.4 Å². The molecule has 1 radical (unpaired) electrons. The van der Waals surface area contributed by atoms with Crippen LogP contribution in [0.4, 0.5) is 0 Å². The second-order valence-electron chi connectivity index (χ2n) is 12.1. The molecule has 0 aliphatic heterocycles. The van der Waals surface area contributed by atoms with E-state index in [-0.39, 0.29) is 0 Å². The molecule has 0 aromatic heterocycles. The summed E-state index contributed by atoms with van der Waals surface area (Å²) in [5, 5.41) is 7.53. The van der Waals surface area contributed by atoms with Gasteiger partial charge in [-0.15, -0.1) is 0 Å². The Morgan fingerprint density at radius 3 is 1.76 bits per heavy atom. The van der Waals surface area contributed by atoms with Gasteiger partial charge in [-0.2, -0.15) is 0 Å². The summed E-state index contributed by atoms with van der Waals surface area (Å²) in [6, 6.07) is 11.4. The molecule has 4 saturated carbocycles. The first-order chi connectivity index (χ1) is 16.5. The fraction of sp³-hybridized carbons (Fsp3) is 0.677. The van der Waals surface area contributed by atoms with Crippen LogP contribution in [-0.2, 0) is 11.1 Å². The maximum absolute atomic E-state index is 7.53. The van der Waals surface area contributed by atoms with E-state index < -0.39 is 0 Å². The lowest BCUT2D eigenvalue weighted by molar-refractivity contribution is 0.148. The zero-order chi connectivity index (χ0) is 23.9. The third-order valence-corrected chi connectivity index (χ3v) is 9.51. The molecule has 4 aliphatic rings. The molecule has 0 bridgehead atoms. The van der Waals surface area contributed by atoms with Gasteiger partial charge in [-0.1, -0.05) is 67.5 Å². The van der Waals surface area contributed by atoms with Crippen LogP contribution in [-0.4, -0.2) is 19.8 Å². The minimum Gasteiger partial charge on any atom is -0.429 e. The number of hydrogen-bond acceptors (Lipinski definition) is 2. The number of fused-ring (bicyclic) bond motifs is 2. The van der Waals surface area contributed by atoms with Gasteiger partial charge in [0, 0.05) is 7.11 Å². The maximum Gasteiger partial charge on any atom is 0.484 e. The summed E-state index contributed by atoms with van der Waals surface area (Å²) in [5.74, 6) is 6.70. The van der Waals surface area contributed by atoms with E-state index >= 15 is 0 Å². The monoisotopic (exact) mass is 461 g/mol. The van der Waals surface area contributed by atoms with Gasteiger partial charge in [-0.25, -0.2) is 0 Å². The number of hydrogen-bond donors (Lipinski definition) is 1. The number of benzene rings is 1. The highest BCUT2D eigenvalue weighted by Crippen LogP contribution is 2.50. The standard InChI is InChI=1S/C30H42.CH4BO2/c1-21-12-27-10-8-24(19-29(27)14-21)17-26(16-23-6-4-3-5-7-23)18-25-9-11-28-13-22(2)15-30(28)20-25;1-4-2-3/h3-7,24-30H,1-2,8-20H2;3H,1H3/t24-,25?,26?,27?,28?,29+,30+;/m0./s1. The van der Waals surface area contributed by atoms with Gasteiger partial charge in [0.2, 0.25) is 0 Å². The van der Waals surface area contributed by atoms with Gasteiger partial charge in [0.15, 0.2) is 0 Å². The van der Waals surface area contributed by atoms with Crippen molar-refractivity contribution in [3.63, 3.8) is 0 Å². The molecule has 4 aliphatic carbocycles. The highest BCUT2D eigenvalue weighted by molar-refractivity contribution is 6.15. The summed E-state index contributed by atoms with van der Waals surface area (Å²) in [5.41, 5.74) is 4.65. The second-order valence-corrected chi connectivity index (χ2v) is 12.1. The predicted molar refractivity (Wildman–Crippen MR) is 143 cm³/mol. The predicted octanol–water partition coefficient (Wildman–Crippen LogP) is 7.55. The van der Waals surface area contributed by atoms with E-state index in [1.165, 1.54) is 90.6 Å². The van der Waals surface area contributed by atoms with E-state index in [4.69, 9.17) is 5.02 Å². The van der Waals surface area contributed by atoms with Crippen LogP contribution in [0.25, 0.3) is 0 Å². The van der Waals surface area contributed by atoms with Crippen molar-refractivity contribution in [3.05, 3.63) is 60.2 Å². The van der Waals surface area contributed by atoms with Gasteiger partial charge in [-0.05, 0) is 118 Å². The molecule has 1 aromatic rings. The highest BCUT2D eigenvalue weighted by atomic mass is 16.5. The molecule has 3 heteroatoms. The molecule has 2 nitrogen and oxygen atoms in total. The molecule has 4 fully saturated rings. The first-order valence-electron chi connectivity index (χ1n) is 13.9. The van der Waals surface area contributed by atoms with Crippen molar-refractivity contribution in [2.45, 2.75) is 83.5 Å². The van der Waals surface area contributed by atoms with E-state index in [2.05, 4.69) is 48.1 Å². The molecule has 34 heavy (non-hydrogen) atoms. The van der Waals surface area contributed by atoms with Crippen LogP contribution in [0.3, 0.4) is 0 Å². The van der Waals surface area contributed by atoms with Gasteiger partial charge in [0.1, 0.15) is 0 Å².